The molecule has 1 fully saturated rings. The maximum Gasteiger partial charge on any atom is 0.227 e. The Bertz CT molecular complexity index is 444. The minimum absolute atomic E-state index is 0. The van der Waals surface area contributed by atoms with Gasteiger partial charge in [-0.25, -0.2) is 0 Å². The van der Waals surface area contributed by atoms with Crippen molar-refractivity contribution < 1.29 is 4.79 Å². The van der Waals surface area contributed by atoms with Crippen molar-refractivity contribution in [1.82, 2.24) is 10.2 Å². The van der Waals surface area contributed by atoms with Gasteiger partial charge in [0, 0.05) is 24.7 Å². The monoisotopic (exact) mass is 344 g/mol. The molecule has 22 heavy (non-hydrogen) atoms. The quantitative estimate of drug-likeness (QED) is 0.761. The summed E-state index contributed by atoms with van der Waals surface area (Å²) in [5.41, 5.74) is 1.15. The number of hydrogen-bond donors (Lipinski definition) is 1. The summed E-state index contributed by atoms with van der Waals surface area (Å²) in [6.07, 6.45) is 4.39. The van der Waals surface area contributed by atoms with Gasteiger partial charge in [-0.15, -0.1) is 12.4 Å². The van der Waals surface area contributed by atoms with Crippen LogP contribution in [0.5, 0.6) is 0 Å². The van der Waals surface area contributed by atoms with Crippen LogP contribution in [0, 0.1) is 5.92 Å². The summed E-state index contributed by atoms with van der Waals surface area (Å²) in [5.74, 6) is 0.449. The molecule has 1 unspecified atom stereocenters. The van der Waals surface area contributed by atoms with Crippen molar-refractivity contribution in [3.05, 3.63) is 34.9 Å². The van der Waals surface area contributed by atoms with E-state index in [9.17, 15) is 4.79 Å². The van der Waals surface area contributed by atoms with Crippen molar-refractivity contribution in [1.29, 1.82) is 0 Å². The lowest BCUT2D eigenvalue weighted by atomic mass is 10.1. The van der Waals surface area contributed by atoms with E-state index < -0.39 is 0 Å². The Hall–Kier alpha value is -0.770. The van der Waals surface area contributed by atoms with E-state index in [-0.39, 0.29) is 18.3 Å². The molecule has 1 saturated heterocycles. The van der Waals surface area contributed by atoms with Crippen LogP contribution < -0.4 is 5.32 Å². The van der Waals surface area contributed by atoms with Crippen molar-refractivity contribution in [2.24, 2.45) is 5.92 Å². The molecule has 1 N–H and O–H groups in total. The Labute approximate surface area is 144 Å². The van der Waals surface area contributed by atoms with E-state index in [1.54, 1.807) is 0 Å². The first-order valence-electron chi connectivity index (χ1n) is 7.94. The molecule has 0 radical (unpaired) electrons. The van der Waals surface area contributed by atoms with Crippen molar-refractivity contribution in [3.63, 3.8) is 0 Å². The highest BCUT2D eigenvalue weighted by Crippen LogP contribution is 2.17. The first-order valence-corrected chi connectivity index (χ1v) is 8.32. The zero-order valence-corrected chi connectivity index (χ0v) is 14.8. The fourth-order valence-corrected chi connectivity index (χ4v) is 2.88. The Morgan fingerprint density at radius 3 is 2.64 bits per heavy atom. The molecule has 1 heterocycles. The van der Waals surface area contributed by atoms with Gasteiger partial charge in [-0.1, -0.05) is 43.5 Å². The highest BCUT2D eigenvalue weighted by Gasteiger charge is 2.26. The van der Waals surface area contributed by atoms with Crippen molar-refractivity contribution in [2.45, 2.75) is 39.2 Å². The zero-order chi connectivity index (χ0) is 15.1. The highest BCUT2D eigenvalue weighted by atomic mass is 35.5. The van der Waals surface area contributed by atoms with Crippen LogP contribution in [0.2, 0.25) is 5.02 Å². The molecule has 0 saturated carbocycles. The lowest BCUT2D eigenvalue weighted by Gasteiger charge is -2.25. The first kappa shape index (κ1) is 19.3. The molecule has 1 aliphatic heterocycles. The third-order valence-corrected chi connectivity index (χ3v) is 4.29. The summed E-state index contributed by atoms with van der Waals surface area (Å²) >= 11 is 5.93. The third kappa shape index (κ3) is 5.79. The Balaban J connectivity index is 0.00000242. The number of hydrogen-bond acceptors (Lipinski definition) is 2. The first-order chi connectivity index (χ1) is 10.2. The van der Waals surface area contributed by atoms with Gasteiger partial charge in [-0.05, 0) is 37.1 Å². The second kappa shape index (κ2) is 10.1. The molecule has 1 aromatic carbocycles. The van der Waals surface area contributed by atoms with Crippen LogP contribution in [-0.4, -0.2) is 30.4 Å². The minimum Gasteiger partial charge on any atom is -0.338 e. The van der Waals surface area contributed by atoms with E-state index in [0.717, 1.165) is 43.1 Å². The molecule has 0 spiro atoms. The maximum atomic E-state index is 12.7. The topological polar surface area (TPSA) is 32.3 Å². The van der Waals surface area contributed by atoms with Gasteiger partial charge in [0.25, 0.3) is 0 Å². The number of carbonyl (C=O) groups excluding carboxylic acids is 1. The summed E-state index contributed by atoms with van der Waals surface area (Å²) in [4.78, 5) is 14.7. The Morgan fingerprint density at radius 1 is 1.32 bits per heavy atom. The molecule has 2 rings (SSSR count). The van der Waals surface area contributed by atoms with Crippen molar-refractivity contribution >= 4 is 29.9 Å². The van der Waals surface area contributed by atoms with Gasteiger partial charge in [0.1, 0.15) is 0 Å². The average molecular weight is 345 g/mol. The smallest absolute Gasteiger partial charge is 0.227 e. The number of rotatable bonds is 7. The number of unbranched alkanes of at least 4 members (excludes halogenated alkanes) is 2. The lowest BCUT2D eigenvalue weighted by molar-refractivity contribution is -0.135. The summed E-state index contributed by atoms with van der Waals surface area (Å²) in [6, 6.07) is 7.80. The summed E-state index contributed by atoms with van der Waals surface area (Å²) < 4.78 is 0. The second-order valence-electron chi connectivity index (χ2n) is 5.78. The molecule has 1 amide bonds. The number of nitrogens with zero attached hydrogens (tertiary/aromatic N) is 1. The Morgan fingerprint density at radius 2 is 2.05 bits per heavy atom. The van der Waals surface area contributed by atoms with Gasteiger partial charge in [0.2, 0.25) is 5.91 Å². The fraction of sp³-hybridized carbons (Fsp3) is 0.588. The van der Waals surface area contributed by atoms with Crippen molar-refractivity contribution in [2.75, 3.05) is 19.6 Å². The fourth-order valence-electron chi connectivity index (χ4n) is 2.75. The van der Waals surface area contributed by atoms with Gasteiger partial charge in [-0.2, -0.15) is 0 Å². The SMILES string of the molecule is CCCCCN(Cc1ccc(Cl)cc1)C(=O)C1CCNC1.Cl. The summed E-state index contributed by atoms with van der Waals surface area (Å²) in [7, 11) is 0. The normalized spacial score (nSPS) is 17.1. The van der Waals surface area contributed by atoms with E-state index in [1.807, 2.05) is 29.2 Å². The van der Waals surface area contributed by atoms with E-state index in [4.69, 9.17) is 11.6 Å². The second-order valence-corrected chi connectivity index (χ2v) is 6.22. The van der Waals surface area contributed by atoms with E-state index in [2.05, 4.69) is 12.2 Å². The van der Waals surface area contributed by atoms with E-state index >= 15 is 0 Å². The molecule has 0 bridgehead atoms. The number of benzene rings is 1. The largest absolute Gasteiger partial charge is 0.338 e. The number of nitrogens with one attached hydrogen (secondary N) is 1. The molecule has 0 aromatic heterocycles. The molecule has 5 heteroatoms. The lowest BCUT2D eigenvalue weighted by Crippen LogP contribution is -2.37. The van der Waals surface area contributed by atoms with Gasteiger partial charge in [0.05, 0.1) is 5.92 Å². The van der Waals surface area contributed by atoms with Crippen LogP contribution in [0.4, 0.5) is 0 Å². The third-order valence-electron chi connectivity index (χ3n) is 4.04. The van der Waals surface area contributed by atoms with Crippen LogP contribution in [0.3, 0.4) is 0 Å². The predicted molar refractivity (Wildman–Crippen MR) is 94.6 cm³/mol. The molecule has 0 aliphatic carbocycles. The van der Waals surface area contributed by atoms with Crippen LogP contribution >= 0.6 is 24.0 Å². The summed E-state index contributed by atoms with van der Waals surface area (Å²) in [6.45, 7) is 5.51. The maximum absolute atomic E-state index is 12.7. The van der Waals surface area contributed by atoms with Gasteiger partial charge >= 0.3 is 0 Å². The minimum atomic E-state index is 0. The Kier molecular flexibility index (Phi) is 8.84. The van der Waals surface area contributed by atoms with Gasteiger partial charge in [-0.3, -0.25) is 4.79 Å². The highest BCUT2D eigenvalue weighted by molar-refractivity contribution is 6.30. The summed E-state index contributed by atoms with van der Waals surface area (Å²) in [5, 5.41) is 4.02. The van der Waals surface area contributed by atoms with Crippen molar-refractivity contribution in [3.8, 4) is 0 Å². The molecule has 1 aliphatic rings. The molecular weight excluding hydrogens is 319 g/mol. The predicted octanol–water partition coefficient (Wildman–Crippen LogP) is 3.89. The molecule has 124 valence electrons. The molecule has 1 aromatic rings. The zero-order valence-electron chi connectivity index (χ0n) is 13.2. The van der Waals surface area contributed by atoms with Gasteiger partial charge in [0.15, 0.2) is 0 Å². The van der Waals surface area contributed by atoms with Crippen LogP contribution in [0.15, 0.2) is 24.3 Å². The van der Waals surface area contributed by atoms with E-state index in [0.29, 0.717) is 12.5 Å². The standard InChI is InChI=1S/C17H25ClN2O.ClH/c1-2-3-4-11-20(17(21)15-9-10-19-12-15)13-14-5-7-16(18)8-6-14;/h5-8,15,19H,2-4,9-13H2,1H3;1H. The molecule has 3 nitrogen and oxygen atoms in total. The van der Waals surface area contributed by atoms with Crippen LogP contribution in [0.1, 0.15) is 38.2 Å². The number of carbonyl (C=O) groups is 1. The average Bonchev–Trinajstić information content (AvgIpc) is 3.02. The number of halogens is 2. The van der Waals surface area contributed by atoms with Gasteiger partial charge < -0.3 is 10.2 Å². The molecule has 1 atom stereocenters. The van der Waals surface area contributed by atoms with E-state index in [1.165, 1.54) is 12.8 Å². The van der Waals surface area contributed by atoms with Crippen LogP contribution in [-0.2, 0) is 11.3 Å². The number of amides is 1. The molecular formula is C17H26Cl2N2O. The van der Waals surface area contributed by atoms with Crippen LogP contribution in [0.25, 0.3) is 0 Å².